The maximum absolute atomic E-state index is 13.6. The van der Waals surface area contributed by atoms with E-state index in [0.717, 1.165) is 11.1 Å². The quantitative estimate of drug-likeness (QED) is 0.617. The molecular formula is C19H14FN5O. The number of carbonyl (C=O) groups is 1. The third kappa shape index (κ3) is 2.59. The Morgan fingerprint density at radius 2 is 2.00 bits per heavy atom. The predicted octanol–water partition coefficient (Wildman–Crippen LogP) is 3.00. The summed E-state index contributed by atoms with van der Waals surface area (Å²) in [5, 5.41) is 0. The van der Waals surface area contributed by atoms with Crippen LogP contribution in [-0.4, -0.2) is 25.3 Å². The molecule has 2 N–H and O–H groups in total. The molecule has 0 aliphatic rings. The van der Waals surface area contributed by atoms with E-state index < -0.39 is 5.91 Å². The van der Waals surface area contributed by atoms with Crippen molar-refractivity contribution in [2.75, 3.05) is 0 Å². The molecule has 7 heteroatoms. The zero-order valence-corrected chi connectivity index (χ0v) is 13.8. The number of hydrogen-bond donors (Lipinski definition) is 1. The molecule has 0 spiro atoms. The van der Waals surface area contributed by atoms with Crippen molar-refractivity contribution in [1.82, 2.24) is 19.4 Å². The monoisotopic (exact) mass is 347 g/mol. The molecule has 4 rings (SSSR count). The number of primary amides is 1. The summed E-state index contributed by atoms with van der Waals surface area (Å²) in [7, 11) is 0. The molecular weight excluding hydrogens is 333 g/mol. The van der Waals surface area contributed by atoms with Crippen LogP contribution in [0.5, 0.6) is 0 Å². The fourth-order valence-electron chi connectivity index (χ4n) is 2.84. The molecule has 0 aromatic carbocycles. The maximum Gasteiger partial charge on any atom is 0.267 e. The van der Waals surface area contributed by atoms with E-state index in [-0.39, 0.29) is 5.82 Å². The number of aromatic nitrogens is 4. The fourth-order valence-corrected chi connectivity index (χ4v) is 2.84. The number of pyridine rings is 3. The van der Waals surface area contributed by atoms with Gasteiger partial charge in [-0.1, -0.05) is 6.07 Å². The average Bonchev–Trinajstić information content (AvgIpc) is 3.07. The zero-order valence-electron chi connectivity index (χ0n) is 13.8. The minimum atomic E-state index is -0.558. The van der Waals surface area contributed by atoms with Gasteiger partial charge in [0.2, 0.25) is 0 Å². The highest BCUT2D eigenvalue weighted by Crippen LogP contribution is 2.30. The van der Waals surface area contributed by atoms with Gasteiger partial charge in [-0.2, -0.15) is 0 Å². The summed E-state index contributed by atoms with van der Waals surface area (Å²) in [6.45, 7) is 1.61. The van der Waals surface area contributed by atoms with Gasteiger partial charge in [0, 0.05) is 23.5 Å². The average molecular weight is 347 g/mol. The van der Waals surface area contributed by atoms with Crippen LogP contribution in [0.1, 0.15) is 16.2 Å². The van der Waals surface area contributed by atoms with Crippen LogP contribution in [0.2, 0.25) is 0 Å². The van der Waals surface area contributed by atoms with Gasteiger partial charge in [0.15, 0.2) is 0 Å². The number of halogens is 1. The molecule has 26 heavy (non-hydrogen) atoms. The normalized spacial score (nSPS) is 11.0. The number of amides is 1. The predicted molar refractivity (Wildman–Crippen MR) is 94.9 cm³/mol. The molecule has 4 aromatic rings. The van der Waals surface area contributed by atoms with Gasteiger partial charge in [0.05, 0.1) is 23.3 Å². The third-order valence-corrected chi connectivity index (χ3v) is 4.14. The largest absolute Gasteiger partial charge is 0.364 e. The standard InChI is InChI=1S/C19H14FN5O/c1-11-14(20)5-6-15(24-11)18-13(3-2-8-22-18)12-4-7-17-23-9-16(19(21)26)25(17)10-12/h2-10H,1H3,(H2,21,26). The Bertz CT molecular complexity index is 1150. The summed E-state index contributed by atoms with van der Waals surface area (Å²) < 4.78 is 15.2. The molecule has 0 aliphatic carbocycles. The Labute approximate surface area is 148 Å². The molecule has 0 aliphatic heterocycles. The van der Waals surface area contributed by atoms with Crippen molar-refractivity contribution < 1.29 is 9.18 Å². The highest BCUT2D eigenvalue weighted by molar-refractivity contribution is 5.92. The molecule has 0 atom stereocenters. The topological polar surface area (TPSA) is 86.2 Å². The SMILES string of the molecule is Cc1nc(-c2ncccc2-c2ccc3ncc(C(N)=O)n3c2)ccc1F. The second kappa shape index (κ2) is 6.03. The highest BCUT2D eigenvalue weighted by atomic mass is 19.1. The Balaban J connectivity index is 1.91. The summed E-state index contributed by atoms with van der Waals surface area (Å²) >= 11 is 0. The van der Waals surface area contributed by atoms with Crippen LogP contribution in [0.4, 0.5) is 4.39 Å². The van der Waals surface area contributed by atoms with Gasteiger partial charge in [-0.3, -0.25) is 14.2 Å². The zero-order chi connectivity index (χ0) is 18.3. The highest BCUT2D eigenvalue weighted by Gasteiger charge is 2.14. The van der Waals surface area contributed by atoms with Crippen molar-refractivity contribution in [3.05, 3.63) is 72.2 Å². The summed E-state index contributed by atoms with van der Waals surface area (Å²) in [5.74, 6) is -0.922. The lowest BCUT2D eigenvalue weighted by molar-refractivity contribution is 0.0995. The molecule has 0 fully saturated rings. The number of hydrogen-bond acceptors (Lipinski definition) is 4. The van der Waals surface area contributed by atoms with E-state index in [1.165, 1.54) is 12.3 Å². The molecule has 4 heterocycles. The van der Waals surface area contributed by atoms with Crippen LogP contribution in [-0.2, 0) is 0 Å². The Kier molecular flexibility index (Phi) is 3.69. The van der Waals surface area contributed by atoms with Gasteiger partial charge in [0.1, 0.15) is 17.2 Å². The van der Waals surface area contributed by atoms with E-state index in [2.05, 4.69) is 15.0 Å². The number of aryl methyl sites for hydroxylation is 1. The van der Waals surface area contributed by atoms with E-state index in [1.54, 1.807) is 35.9 Å². The maximum atomic E-state index is 13.6. The lowest BCUT2D eigenvalue weighted by Crippen LogP contribution is -2.13. The minimum absolute atomic E-state index is 0.294. The Morgan fingerprint density at radius 1 is 1.15 bits per heavy atom. The van der Waals surface area contributed by atoms with Gasteiger partial charge in [-0.15, -0.1) is 0 Å². The van der Waals surface area contributed by atoms with Crippen molar-refractivity contribution in [2.45, 2.75) is 6.92 Å². The first-order chi connectivity index (χ1) is 12.5. The second-order valence-corrected chi connectivity index (χ2v) is 5.82. The first-order valence-corrected chi connectivity index (χ1v) is 7.90. The van der Waals surface area contributed by atoms with Crippen molar-refractivity contribution in [1.29, 1.82) is 0 Å². The molecule has 6 nitrogen and oxygen atoms in total. The molecule has 0 radical (unpaired) electrons. The van der Waals surface area contributed by atoms with Crippen LogP contribution >= 0.6 is 0 Å². The summed E-state index contributed by atoms with van der Waals surface area (Å²) in [6, 6.07) is 10.3. The molecule has 0 saturated carbocycles. The van der Waals surface area contributed by atoms with Crippen LogP contribution in [0.25, 0.3) is 28.2 Å². The number of nitrogens with zero attached hydrogens (tertiary/aromatic N) is 4. The van der Waals surface area contributed by atoms with E-state index in [4.69, 9.17) is 5.73 Å². The van der Waals surface area contributed by atoms with Crippen molar-refractivity contribution in [3.63, 3.8) is 0 Å². The van der Waals surface area contributed by atoms with E-state index in [1.807, 2.05) is 18.2 Å². The fraction of sp³-hybridized carbons (Fsp3) is 0.0526. The molecule has 1 amide bonds. The molecule has 0 bridgehead atoms. The minimum Gasteiger partial charge on any atom is -0.364 e. The van der Waals surface area contributed by atoms with Crippen molar-refractivity contribution in [3.8, 4) is 22.5 Å². The molecule has 4 aromatic heterocycles. The van der Waals surface area contributed by atoms with E-state index in [9.17, 15) is 9.18 Å². The number of fused-ring (bicyclic) bond motifs is 1. The van der Waals surface area contributed by atoms with Gasteiger partial charge >= 0.3 is 0 Å². The van der Waals surface area contributed by atoms with Gasteiger partial charge in [-0.05, 0) is 37.3 Å². The summed E-state index contributed by atoms with van der Waals surface area (Å²) in [4.78, 5) is 24.5. The number of rotatable bonds is 3. The number of carbonyl (C=O) groups excluding carboxylic acids is 1. The molecule has 128 valence electrons. The first kappa shape index (κ1) is 15.9. The summed E-state index contributed by atoms with van der Waals surface area (Å²) in [6.07, 6.45) is 4.87. The van der Waals surface area contributed by atoms with Crippen molar-refractivity contribution in [2.24, 2.45) is 5.73 Å². The Hall–Kier alpha value is -3.61. The lowest BCUT2D eigenvalue weighted by atomic mass is 10.0. The van der Waals surface area contributed by atoms with E-state index >= 15 is 0 Å². The smallest absolute Gasteiger partial charge is 0.267 e. The molecule has 0 saturated heterocycles. The summed E-state index contributed by atoms with van der Waals surface area (Å²) in [5.41, 5.74) is 9.43. The van der Waals surface area contributed by atoms with Crippen LogP contribution in [0, 0.1) is 12.7 Å². The lowest BCUT2D eigenvalue weighted by Gasteiger charge is -2.10. The number of imidazole rings is 1. The van der Waals surface area contributed by atoms with Gasteiger partial charge in [-0.25, -0.2) is 14.4 Å². The van der Waals surface area contributed by atoms with Crippen LogP contribution < -0.4 is 5.73 Å². The van der Waals surface area contributed by atoms with Gasteiger partial charge < -0.3 is 5.73 Å². The third-order valence-electron chi connectivity index (χ3n) is 4.14. The molecule has 0 unspecified atom stereocenters. The second-order valence-electron chi connectivity index (χ2n) is 5.82. The van der Waals surface area contributed by atoms with Crippen molar-refractivity contribution >= 4 is 11.6 Å². The number of nitrogens with two attached hydrogens (primary N) is 1. The van der Waals surface area contributed by atoms with Crippen LogP contribution in [0.15, 0.2) is 55.0 Å². The first-order valence-electron chi connectivity index (χ1n) is 7.90. The van der Waals surface area contributed by atoms with E-state index in [0.29, 0.717) is 28.4 Å². The Morgan fingerprint density at radius 3 is 2.77 bits per heavy atom. The van der Waals surface area contributed by atoms with Crippen LogP contribution in [0.3, 0.4) is 0 Å². The van der Waals surface area contributed by atoms with Gasteiger partial charge in [0.25, 0.3) is 5.91 Å².